The second kappa shape index (κ2) is 6.97. The molecule has 0 aromatic carbocycles. The third-order valence-corrected chi connectivity index (χ3v) is 3.47. The summed E-state index contributed by atoms with van der Waals surface area (Å²) < 4.78 is 0. The highest BCUT2D eigenvalue weighted by Gasteiger charge is 2.26. The minimum Gasteiger partial charge on any atom is -0.352 e. The van der Waals surface area contributed by atoms with Crippen LogP contribution in [0.3, 0.4) is 0 Å². The number of nitrogens with two attached hydrogens (primary N) is 2. The van der Waals surface area contributed by atoms with Gasteiger partial charge >= 0.3 is 0 Å². The molecule has 1 rings (SSSR count). The van der Waals surface area contributed by atoms with Gasteiger partial charge in [-0.2, -0.15) is 0 Å². The minimum atomic E-state index is 0.0972. The number of hydrogen-bond acceptors (Lipinski definition) is 3. The fourth-order valence-electron chi connectivity index (χ4n) is 2.57. The normalized spacial score (nSPS) is 26.9. The molecule has 17 heavy (non-hydrogen) atoms. The summed E-state index contributed by atoms with van der Waals surface area (Å²) in [6.07, 6.45) is 4.86. The van der Waals surface area contributed by atoms with E-state index in [1.54, 1.807) is 0 Å². The van der Waals surface area contributed by atoms with Crippen LogP contribution in [-0.4, -0.2) is 24.5 Å². The summed E-state index contributed by atoms with van der Waals surface area (Å²) >= 11 is 0. The van der Waals surface area contributed by atoms with Crippen LogP contribution in [0.15, 0.2) is 0 Å². The molecule has 0 aromatic rings. The van der Waals surface area contributed by atoms with E-state index < -0.39 is 0 Å². The van der Waals surface area contributed by atoms with Gasteiger partial charge in [-0.05, 0) is 31.6 Å². The SMILES string of the molecule is CC(C)CC(CN)NC(=O)C1CCCC(N)C1. The summed E-state index contributed by atoms with van der Waals surface area (Å²) in [5.74, 6) is 0.800. The van der Waals surface area contributed by atoms with E-state index in [9.17, 15) is 4.79 Å². The topological polar surface area (TPSA) is 81.1 Å². The second-order valence-electron chi connectivity index (χ2n) is 5.69. The Morgan fingerprint density at radius 1 is 1.41 bits per heavy atom. The Morgan fingerprint density at radius 3 is 2.65 bits per heavy atom. The van der Waals surface area contributed by atoms with Gasteiger partial charge in [-0.1, -0.05) is 20.3 Å². The van der Waals surface area contributed by atoms with Crippen LogP contribution in [0.2, 0.25) is 0 Å². The number of hydrogen-bond donors (Lipinski definition) is 3. The van der Waals surface area contributed by atoms with Gasteiger partial charge in [0.05, 0.1) is 0 Å². The molecule has 1 fully saturated rings. The highest BCUT2D eigenvalue weighted by Crippen LogP contribution is 2.23. The number of carbonyl (C=O) groups excluding carboxylic acids is 1. The van der Waals surface area contributed by atoms with Crippen molar-refractivity contribution >= 4 is 5.91 Å². The fourth-order valence-corrected chi connectivity index (χ4v) is 2.57. The number of carbonyl (C=O) groups is 1. The van der Waals surface area contributed by atoms with Gasteiger partial charge in [0.15, 0.2) is 0 Å². The van der Waals surface area contributed by atoms with E-state index in [-0.39, 0.29) is 23.9 Å². The van der Waals surface area contributed by atoms with Gasteiger partial charge in [-0.15, -0.1) is 0 Å². The predicted molar refractivity (Wildman–Crippen MR) is 70.4 cm³/mol. The monoisotopic (exact) mass is 241 g/mol. The van der Waals surface area contributed by atoms with Crippen molar-refractivity contribution in [1.82, 2.24) is 5.32 Å². The van der Waals surface area contributed by atoms with E-state index in [2.05, 4.69) is 19.2 Å². The van der Waals surface area contributed by atoms with Gasteiger partial charge in [-0.3, -0.25) is 4.79 Å². The van der Waals surface area contributed by atoms with Crippen LogP contribution in [0.1, 0.15) is 46.0 Å². The number of nitrogens with one attached hydrogen (secondary N) is 1. The highest BCUT2D eigenvalue weighted by atomic mass is 16.1. The number of rotatable bonds is 5. The van der Waals surface area contributed by atoms with E-state index in [4.69, 9.17) is 11.5 Å². The first kappa shape index (κ1) is 14.5. The Morgan fingerprint density at radius 2 is 2.12 bits per heavy atom. The maximum atomic E-state index is 12.1. The summed E-state index contributed by atoms with van der Waals surface area (Å²) in [5, 5.41) is 3.07. The van der Waals surface area contributed by atoms with Gasteiger partial charge < -0.3 is 16.8 Å². The van der Waals surface area contributed by atoms with Gasteiger partial charge in [0.2, 0.25) is 5.91 Å². The first-order chi connectivity index (χ1) is 8.02. The molecule has 1 aliphatic rings. The average molecular weight is 241 g/mol. The zero-order valence-electron chi connectivity index (χ0n) is 11.1. The Bertz CT molecular complexity index is 243. The molecule has 0 aliphatic heterocycles. The molecule has 0 aromatic heterocycles. The van der Waals surface area contributed by atoms with Crippen LogP contribution in [0.25, 0.3) is 0 Å². The Labute approximate surface area is 105 Å². The quantitative estimate of drug-likeness (QED) is 0.671. The van der Waals surface area contributed by atoms with Crippen molar-refractivity contribution in [3.05, 3.63) is 0 Å². The van der Waals surface area contributed by atoms with Gasteiger partial charge in [-0.25, -0.2) is 0 Å². The lowest BCUT2D eigenvalue weighted by Gasteiger charge is -2.28. The fraction of sp³-hybridized carbons (Fsp3) is 0.923. The van der Waals surface area contributed by atoms with Crippen molar-refractivity contribution in [3.63, 3.8) is 0 Å². The van der Waals surface area contributed by atoms with Crippen molar-refractivity contribution in [2.45, 2.75) is 58.0 Å². The van der Waals surface area contributed by atoms with Crippen molar-refractivity contribution in [2.75, 3.05) is 6.54 Å². The molecule has 5 N–H and O–H groups in total. The first-order valence-corrected chi connectivity index (χ1v) is 6.79. The van der Waals surface area contributed by atoms with Gasteiger partial charge in [0, 0.05) is 24.5 Å². The molecule has 4 heteroatoms. The van der Waals surface area contributed by atoms with Crippen LogP contribution < -0.4 is 16.8 Å². The average Bonchev–Trinajstić information content (AvgIpc) is 2.27. The molecule has 0 radical (unpaired) electrons. The molecule has 4 nitrogen and oxygen atoms in total. The maximum Gasteiger partial charge on any atom is 0.223 e. The molecule has 3 unspecified atom stereocenters. The summed E-state index contributed by atoms with van der Waals surface area (Å²) in [6.45, 7) is 4.80. The van der Waals surface area contributed by atoms with Crippen LogP contribution in [-0.2, 0) is 4.79 Å². The Balaban J connectivity index is 2.40. The van der Waals surface area contributed by atoms with E-state index in [0.717, 1.165) is 32.1 Å². The molecule has 0 spiro atoms. The molecular formula is C13H27N3O. The molecule has 0 heterocycles. The van der Waals surface area contributed by atoms with Crippen molar-refractivity contribution in [3.8, 4) is 0 Å². The van der Waals surface area contributed by atoms with Gasteiger partial charge in [0.25, 0.3) is 0 Å². The maximum absolute atomic E-state index is 12.1. The second-order valence-corrected chi connectivity index (χ2v) is 5.69. The van der Waals surface area contributed by atoms with Gasteiger partial charge in [0.1, 0.15) is 0 Å². The minimum absolute atomic E-state index is 0.0972. The predicted octanol–water partition coefficient (Wildman–Crippen LogP) is 0.994. The molecule has 3 atom stereocenters. The summed E-state index contributed by atoms with van der Waals surface area (Å²) in [4.78, 5) is 12.1. The van der Waals surface area contributed by atoms with Crippen LogP contribution in [0.4, 0.5) is 0 Å². The summed E-state index contributed by atoms with van der Waals surface area (Å²) in [7, 11) is 0. The lowest BCUT2D eigenvalue weighted by Crippen LogP contribution is -2.45. The largest absolute Gasteiger partial charge is 0.352 e. The smallest absolute Gasteiger partial charge is 0.223 e. The third-order valence-electron chi connectivity index (χ3n) is 3.47. The zero-order valence-corrected chi connectivity index (χ0v) is 11.1. The lowest BCUT2D eigenvalue weighted by atomic mass is 9.85. The van der Waals surface area contributed by atoms with E-state index in [1.165, 1.54) is 0 Å². The van der Waals surface area contributed by atoms with E-state index in [0.29, 0.717) is 12.5 Å². The zero-order chi connectivity index (χ0) is 12.8. The number of amides is 1. The van der Waals surface area contributed by atoms with Crippen LogP contribution in [0.5, 0.6) is 0 Å². The summed E-state index contributed by atoms with van der Waals surface area (Å²) in [6, 6.07) is 0.307. The molecule has 0 saturated heterocycles. The third kappa shape index (κ3) is 5.04. The first-order valence-electron chi connectivity index (χ1n) is 6.79. The molecule has 1 saturated carbocycles. The van der Waals surface area contributed by atoms with E-state index in [1.807, 2.05) is 0 Å². The molecule has 100 valence electrons. The Kier molecular flexibility index (Phi) is 5.92. The molecule has 0 bridgehead atoms. The van der Waals surface area contributed by atoms with Crippen molar-refractivity contribution < 1.29 is 4.79 Å². The molecular weight excluding hydrogens is 214 g/mol. The van der Waals surface area contributed by atoms with Crippen LogP contribution in [0, 0.1) is 11.8 Å². The Hall–Kier alpha value is -0.610. The highest BCUT2D eigenvalue weighted by molar-refractivity contribution is 5.79. The standard InChI is InChI=1S/C13H27N3O/c1-9(2)6-12(8-14)16-13(17)10-4-3-5-11(15)7-10/h9-12H,3-8,14-15H2,1-2H3,(H,16,17). The van der Waals surface area contributed by atoms with E-state index >= 15 is 0 Å². The van der Waals surface area contributed by atoms with Crippen LogP contribution >= 0.6 is 0 Å². The molecule has 1 aliphatic carbocycles. The lowest BCUT2D eigenvalue weighted by molar-refractivity contribution is -0.126. The molecule has 1 amide bonds. The van der Waals surface area contributed by atoms with Crippen molar-refractivity contribution in [2.24, 2.45) is 23.3 Å². The van der Waals surface area contributed by atoms with Crippen molar-refractivity contribution in [1.29, 1.82) is 0 Å². The summed E-state index contributed by atoms with van der Waals surface area (Å²) in [5.41, 5.74) is 11.6.